The van der Waals surface area contributed by atoms with Gasteiger partial charge in [-0.2, -0.15) is 0 Å². The van der Waals surface area contributed by atoms with Crippen LogP contribution in [0.4, 0.5) is 15.8 Å². The second-order valence-corrected chi connectivity index (χ2v) is 10.3. The fraction of sp³-hybridized carbons (Fsp3) is 0.448. The zero-order valence-corrected chi connectivity index (χ0v) is 22.6. The van der Waals surface area contributed by atoms with Gasteiger partial charge in [0.25, 0.3) is 5.91 Å². The number of anilines is 2. The summed E-state index contributed by atoms with van der Waals surface area (Å²) in [5.41, 5.74) is 2.80. The van der Waals surface area contributed by atoms with E-state index in [0.717, 1.165) is 48.4 Å². The van der Waals surface area contributed by atoms with E-state index < -0.39 is 5.67 Å². The van der Waals surface area contributed by atoms with Gasteiger partial charge in [-0.05, 0) is 45.0 Å². The Morgan fingerprint density at radius 2 is 1.79 bits per heavy atom. The third kappa shape index (κ3) is 6.51. The molecule has 0 radical (unpaired) electrons. The van der Waals surface area contributed by atoms with Crippen LogP contribution in [0.25, 0.3) is 11.1 Å². The van der Waals surface area contributed by atoms with Crippen LogP contribution in [0.1, 0.15) is 48.4 Å². The highest BCUT2D eigenvalue weighted by molar-refractivity contribution is 6.04. The molecule has 5 rings (SSSR count). The standard InChI is InChI=1S/C29H34FN5O4/c1-19-24(16-22(18-32-19)34-27(36)20-4-7-31-26(15-20)29(2,3)30)21-14-25(35-8-12-38-13-9-35)28(33-17-21)39-23-5-10-37-11-6-23/h4,7,14-18,23H,5-6,8-13H2,1-3H3,(H,34,36). The van der Waals surface area contributed by atoms with Crippen LogP contribution < -0.4 is 15.0 Å². The molecule has 3 aromatic rings. The van der Waals surface area contributed by atoms with Crippen LogP contribution in [0.3, 0.4) is 0 Å². The molecule has 2 saturated heterocycles. The molecular formula is C29H34FN5O4. The van der Waals surface area contributed by atoms with Crippen molar-refractivity contribution in [1.82, 2.24) is 15.0 Å². The maximum Gasteiger partial charge on any atom is 0.255 e. The van der Waals surface area contributed by atoms with E-state index in [1.54, 1.807) is 18.5 Å². The Morgan fingerprint density at radius 3 is 2.54 bits per heavy atom. The molecule has 0 unspecified atom stereocenters. The summed E-state index contributed by atoms with van der Waals surface area (Å²) in [5.74, 6) is 0.235. The molecular weight excluding hydrogens is 501 g/mol. The largest absolute Gasteiger partial charge is 0.473 e. The van der Waals surface area contributed by atoms with E-state index in [9.17, 15) is 9.18 Å². The maximum atomic E-state index is 14.4. The number of amides is 1. The molecule has 1 N–H and O–H groups in total. The molecule has 9 nitrogen and oxygen atoms in total. The topological polar surface area (TPSA) is 98.7 Å². The molecule has 0 spiro atoms. The summed E-state index contributed by atoms with van der Waals surface area (Å²) in [6.45, 7) is 8.87. The van der Waals surface area contributed by atoms with Gasteiger partial charge in [-0.15, -0.1) is 0 Å². The number of nitrogens with one attached hydrogen (secondary N) is 1. The number of morpholine rings is 1. The van der Waals surface area contributed by atoms with Crippen molar-refractivity contribution in [3.05, 3.63) is 59.8 Å². The fourth-order valence-electron chi connectivity index (χ4n) is 4.66. The monoisotopic (exact) mass is 535 g/mol. The van der Waals surface area contributed by atoms with E-state index in [4.69, 9.17) is 19.2 Å². The quantitative estimate of drug-likeness (QED) is 0.465. The van der Waals surface area contributed by atoms with Gasteiger partial charge in [-0.3, -0.25) is 14.8 Å². The molecule has 2 aliphatic heterocycles. The van der Waals surface area contributed by atoms with Crippen LogP contribution in [-0.4, -0.2) is 66.5 Å². The van der Waals surface area contributed by atoms with Gasteiger partial charge >= 0.3 is 0 Å². The molecule has 39 heavy (non-hydrogen) atoms. The fourth-order valence-corrected chi connectivity index (χ4v) is 4.66. The van der Waals surface area contributed by atoms with Crippen molar-refractivity contribution in [2.75, 3.05) is 49.7 Å². The highest BCUT2D eigenvalue weighted by atomic mass is 19.1. The summed E-state index contributed by atoms with van der Waals surface area (Å²) in [5, 5.41) is 2.88. The molecule has 0 saturated carbocycles. The minimum Gasteiger partial charge on any atom is -0.473 e. The predicted octanol–water partition coefficient (Wildman–Crippen LogP) is 4.70. The number of halogens is 1. The van der Waals surface area contributed by atoms with Crippen molar-refractivity contribution in [3.8, 4) is 17.0 Å². The van der Waals surface area contributed by atoms with Gasteiger partial charge in [0.15, 0.2) is 0 Å². The lowest BCUT2D eigenvalue weighted by molar-refractivity contribution is 0.0238. The predicted molar refractivity (Wildman–Crippen MR) is 146 cm³/mol. The number of alkyl halides is 1. The lowest BCUT2D eigenvalue weighted by atomic mass is 10.0. The lowest BCUT2D eigenvalue weighted by Gasteiger charge is -2.31. The van der Waals surface area contributed by atoms with Gasteiger partial charge in [0.2, 0.25) is 5.88 Å². The molecule has 10 heteroatoms. The highest BCUT2D eigenvalue weighted by Gasteiger charge is 2.24. The van der Waals surface area contributed by atoms with Crippen molar-refractivity contribution < 1.29 is 23.4 Å². The SMILES string of the molecule is Cc1ncc(NC(=O)c2ccnc(C(C)(C)F)c2)cc1-c1cnc(OC2CCOCC2)c(N2CCOCC2)c1. The number of pyridine rings is 3. The Kier molecular flexibility index (Phi) is 8.04. The molecule has 2 fully saturated rings. The molecule has 3 aromatic heterocycles. The third-order valence-corrected chi connectivity index (χ3v) is 6.92. The summed E-state index contributed by atoms with van der Waals surface area (Å²) in [6.07, 6.45) is 6.56. The summed E-state index contributed by atoms with van der Waals surface area (Å²) in [7, 11) is 0. The Hall–Kier alpha value is -3.63. The first kappa shape index (κ1) is 27.0. The molecule has 1 amide bonds. The second-order valence-electron chi connectivity index (χ2n) is 10.3. The Morgan fingerprint density at radius 1 is 1.05 bits per heavy atom. The van der Waals surface area contributed by atoms with Gasteiger partial charge in [0, 0.05) is 60.7 Å². The zero-order chi connectivity index (χ0) is 27.4. The van der Waals surface area contributed by atoms with Gasteiger partial charge in [-0.1, -0.05) is 0 Å². The minimum atomic E-state index is -1.65. The van der Waals surface area contributed by atoms with Crippen LogP contribution in [0.2, 0.25) is 0 Å². The number of carbonyl (C=O) groups excluding carboxylic acids is 1. The van der Waals surface area contributed by atoms with Gasteiger partial charge in [0.05, 0.1) is 44.0 Å². The van der Waals surface area contributed by atoms with Crippen molar-refractivity contribution in [3.63, 3.8) is 0 Å². The number of nitrogens with zero attached hydrogens (tertiary/aromatic N) is 4. The summed E-state index contributed by atoms with van der Waals surface area (Å²) < 4.78 is 31.8. The molecule has 0 atom stereocenters. The summed E-state index contributed by atoms with van der Waals surface area (Å²) >= 11 is 0. The Balaban J connectivity index is 1.42. The highest BCUT2D eigenvalue weighted by Crippen LogP contribution is 2.35. The number of hydrogen-bond donors (Lipinski definition) is 1. The number of aromatic nitrogens is 3. The van der Waals surface area contributed by atoms with Crippen LogP contribution >= 0.6 is 0 Å². The van der Waals surface area contributed by atoms with Crippen LogP contribution in [0.5, 0.6) is 5.88 Å². The zero-order valence-electron chi connectivity index (χ0n) is 22.6. The minimum absolute atomic E-state index is 0.0653. The molecule has 5 heterocycles. The van der Waals surface area contributed by atoms with Crippen molar-refractivity contribution in [1.29, 1.82) is 0 Å². The van der Waals surface area contributed by atoms with E-state index in [1.807, 2.05) is 13.0 Å². The van der Waals surface area contributed by atoms with Crippen LogP contribution in [0.15, 0.2) is 42.9 Å². The molecule has 206 valence electrons. The van der Waals surface area contributed by atoms with Gasteiger partial charge in [0.1, 0.15) is 17.5 Å². The summed E-state index contributed by atoms with van der Waals surface area (Å²) in [4.78, 5) is 28.5. The molecule has 0 aromatic carbocycles. The van der Waals surface area contributed by atoms with Crippen LogP contribution in [-0.2, 0) is 15.1 Å². The number of aryl methyl sites for hydroxylation is 1. The lowest BCUT2D eigenvalue weighted by Crippen LogP contribution is -2.37. The first-order chi connectivity index (χ1) is 18.8. The number of hydrogen-bond acceptors (Lipinski definition) is 8. The van der Waals surface area contributed by atoms with Crippen molar-refractivity contribution in [2.45, 2.75) is 45.4 Å². The van der Waals surface area contributed by atoms with E-state index >= 15 is 0 Å². The number of carbonyl (C=O) groups is 1. The van der Waals surface area contributed by atoms with E-state index in [0.29, 0.717) is 43.6 Å². The summed E-state index contributed by atoms with van der Waals surface area (Å²) in [6, 6.07) is 6.97. The van der Waals surface area contributed by atoms with Crippen LogP contribution in [0, 0.1) is 6.92 Å². The van der Waals surface area contributed by atoms with E-state index in [1.165, 1.54) is 26.1 Å². The van der Waals surface area contributed by atoms with Gasteiger partial charge < -0.3 is 24.4 Å². The Labute approximate surface area is 227 Å². The molecule has 0 bridgehead atoms. The average Bonchev–Trinajstić information content (AvgIpc) is 2.95. The van der Waals surface area contributed by atoms with Crippen molar-refractivity contribution in [2.24, 2.45) is 0 Å². The number of rotatable bonds is 7. The normalized spacial score (nSPS) is 16.7. The maximum absolute atomic E-state index is 14.4. The second kappa shape index (κ2) is 11.6. The third-order valence-electron chi connectivity index (χ3n) is 6.92. The first-order valence-corrected chi connectivity index (χ1v) is 13.3. The van der Waals surface area contributed by atoms with E-state index in [2.05, 4.69) is 26.3 Å². The Bertz CT molecular complexity index is 1320. The van der Waals surface area contributed by atoms with Crippen molar-refractivity contribution >= 4 is 17.3 Å². The average molecular weight is 536 g/mol. The van der Waals surface area contributed by atoms with E-state index in [-0.39, 0.29) is 17.7 Å². The van der Waals surface area contributed by atoms with Gasteiger partial charge in [-0.25, -0.2) is 9.37 Å². The smallest absolute Gasteiger partial charge is 0.255 e. The number of ether oxygens (including phenoxy) is 3. The first-order valence-electron chi connectivity index (χ1n) is 13.3. The molecule has 0 aliphatic carbocycles. The molecule has 2 aliphatic rings.